The normalized spacial score (nSPS) is 12.4. The van der Waals surface area contributed by atoms with Crippen LogP contribution in [-0.2, 0) is 26.2 Å². The number of sulfonamides is 1. The van der Waals surface area contributed by atoms with E-state index in [-0.39, 0.29) is 23.7 Å². The maximum Gasteiger partial charge on any atom is 0.264 e. The van der Waals surface area contributed by atoms with E-state index >= 15 is 0 Å². The van der Waals surface area contributed by atoms with E-state index in [1.807, 2.05) is 27.7 Å². The first-order valence-corrected chi connectivity index (χ1v) is 15.7. The van der Waals surface area contributed by atoms with Gasteiger partial charge in [0.15, 0.2) is 0 Å². The summed E-state index contributed by atoms with van der Waals surface area (Å²) in [7, 11) is -4.24. The molecule has 0 aliphatic carbocycles. The summed E-state index contributed by atoms with van der Waals surface area (Å²) in [4.78, 5) is 28.7. The van der Waals surface area contributed by atoms with Crippen molar-refractivity contribution in [3.05, 3.63) is 87.9 Å². The van der Waals surface area contributed by atoms with Crippen LogP contribution in [0.4, 0.5) is 5.69 Å². The molecule has 1 atom stereocenters. The van der Waals surface area contributed by atoms with Gasteiger partial charge in [-0.15, -0.1) is 0 Å². The van der Waals surface area contributed by atoms with Gasteiger partial charge in [0.2, 0.25) is 11.8 Å². The molecule has 2 amide bonds. The Morgan fingerprint density at radius 3 is 2.24 bits per heavy atom. The summed E-state index contributed by atoms with van der Waals surface area (Å²) < 4.78 is 34.9. The summed E-state index contributed by atoms with van der Waals surface area (Å²) in [6, 6.07) is 16.9. The maximum absolute atomic E-state index is 14.2. The molecule has 0 radical (unpaired) electrons. The summed E-state index contributed by atoms with van der Waals surface area (Å²) >= 11 is 12.5. The first-order valence-electron chi connectivity index (χ1n) is 13.5. The van der Waals surface area contributed by atoms with Gasteiger partial charge in [-0.05, 0) is 83.5 Å². The minimum atomic E-state index is -4.24. The third-order valence-corrected chi connectivity index (χ3v) is 8.70. The van der Waals surface area contributed by atoms with Crippen molar-refractivity contribution in [1.29, 1.82) is 0 Å². The largest absolute Gasteiger partial charge is 0.492 e. The highest BCUT2D eigenvalue weighted by Gasteiger charge is 2.34. The highest BCUT2D eigenvalue weighted by Crippen LogP contribution is 2.33. The quantitative estimate of drug-likeness (QED) is 0.270. The molecule has 11 heteroatoms. The first-order chi connectivity index (χ1) is 19.6. The van der Waals surface area contributed by atoms with E-state index in [0.717, 1.165) is 9.87 Å². The zero-order valence-electron chi connectivity index (χ0n) is 24.6. The van der Waals surface area contributed by atoms with Gasteiger partial charge in [-0.1, -0.05) is 59.1 Å². The molecule has 3 rings (SSSR count). The van der Waals surface area contributed by atoms with Crippen molar-refractivity contribution >= 4 is 50.7 Å². The topological polar surface area (TPSA) is 96.0 Å². The van der Waals surface area contributed by atoms with Crippen molar-refractivity contribution in [1.82, 2.24) is 10.2 Å². The van der Waals surface area contributed by atoms with Crippen molar-refractivity contribution in [3.8, 4) is 5.75 Å². The molecule has 0 aromatic heterocycles. The number of anilines is 1. The van der Waals surface area contributed by atoms with Crippen LogP contribution in [-0.4, -0.2) is 49.9 Å². The van der Waals surface area contributed by atoms with Crippen molar-refractivity contribution in [2.75, 3.05) is 17.5 Å². The predicted molar refractivity (Wildman–Crippen MR) is 168 cm³/mol. The van der Waals surface area contributed by atoms with Crippen LogP contribution in [0.25, 0.3) is 0 Å². The molecule has 226 valence electrons. The van der Waals surface area contributed by atoms with Crippen molar-refractivity contribution in [2.45, 2.75) is 64.6 Å². The van der Waals surface area contributed by atoms with Gasteiger partial charge in [0.05, 0.1) is 17.2 Å². The van der Waals surface area contributed by atoms with Gasteiger partial charge in [-0.2, -0.15) is 0 Å². The lowest BCUT2D eigenvalue weighted by Crippen LogP contribution is -2.54. The zero-order chi connectivity index (χ0) is 31.2. The number of carbonyl (C=O) groups is 2. The van der Waals surface area contributed by atoms with E-state index in [4.69, 9.17) is 27.9 Å². The number of halogens is 2. The Labute approximate surface area is 258 Å². The Bertz CT molecular complexity index is 1520. The first kappa shape index (κ1) is 33.2. The fourth-order valence-corrected chi connectivity index (χ4v) is 6.07. The number of nitrogens with one attached hydrogen (secondary N) is 1. The zero-order valence-corrected chi connectivity index (χ0v) is 27.0. The van der Waals surface area contributed by atoms with Gasteiger partial charge in [0.1, 0.15) is 18.3 Å². The van der Waals surface area contributed by atoms with Crippen molar-refractivity contribution < 1.29 is 22.7 Å². The predicted octanol–water partition coefficient (Wildman–Crippen LogP) is 6.23. The summed E-state index contributed by atoms with van der Waals surface area (Å²) in [6.07, 6.45) is 0. The molecule has 3 aromatic carbocycles. The average molecular weight is 635 g/mol. The summed E-state index contributed by atoms with van der Waals surface area (Å²) in [6.45, 7) is 10.4. The number of hydrogen-bond donors (Lipinski definition) is 1. The molecule has 0 saturated carbocycles. The van der Waals surface area contributed by atoms with Crippen LogP contribution in [0.3, 0.4) is 0 Å². The molecule has 8 nitrogen and oxygen atoms in total. The monoisotopic (exact) mass is 633 g/mol. The van der Waals surface area contributed by atoms with E-state index in [1.54, 1.807) is 68.4 Å². The number of para-hydroxylation sites is 2. The van der Waals surface area contributed by atoms with E-state index in [1.165, 1.54) is 17.0 Å². The lowest BCUT2D eigenvalue weighted by atomic mass is 10.1. The molecule has 0 aliphatic rings. The minimum absolute atomic E-state index is 0.0121. The van der Waals surface area contributed by atoms with Gasteiger partial charge >= 0.3 is 0 Å². The number of hydrogen-bond acceptors (Lipinski definition) is 5. The summed E-state index contributed by atoms with van der Waals surface area (Å²) in [5.41, 5.74) is 1.07. The second-order valence-corrected chi connectivity index (χ2v) is 13.6. The Balaban J connectivity index is 2.11. The second kappa shape index (κ2) is 13.8. The maximum atomic E-state index is 14.2. The number of rotatable bonds is 11. The Kier molecular flexibility index (Phi) is 10.9. The van der Waals surface area contributed by atoms with Crippen LogP contribution in [0.2, 0.25) is 10.0 Å². The van der Waals surface area contributed by atoms with Gasteiger partial charge in [0.25, 0.3) is 10.0 Å². The van der Waals surface area contributed by atoms with Crippen molar-refractivity contribution in [3.63, 3.8) is 0 Å². The van der Waals surface area contributed by atoms with Crippen LogP contribution in [0.15, 0.2) is 71.6 Å². The number of nitrogens with zero attached hydrogens (tertiary/aromatic N) is 2. The highest BCUT2D eigenvalue weighted by molar-refractivity contribution is 7.92. The van der Waals surface area contributed by atoms with Crippen LogP contribution >= 0.6 is 23.2 Å². The van der Waals surface area contributed by atoms with Gasteiger partial charge in [-0.3, -0.25) is 13.9 Å². The van der Waals surface area contributed by atoms with Gasteiger partial charge in [-0.25, -0.2) is 8.42 Å². The number of aryl methyl sites for hydroxylation is 1. The minimum Gasteiger partial charge on any atom is -0.492 e. The average Bonchev–Trinajstić information content (AvgIpc) is 2.90. The van der Waals surface area contributed by atoms with Crippen LogP contribution < -0.4 is 14.4 Å². The second-order valence-electron chi connectivity index (χ2n) is 10.9. The third kappa shape index (κ3) is 8.40. The Morgan fingerprint density at radius 2 is 1.64 bits per heavy atom. The van der Waals surface area contributed by atoms with Gasteiger partial charge < -0.3 is 15.0 Å². The van der Waals surface area contributed by atoms with E-state index < -0.39 is 40.0 Å². The number of carbonyl (C=O) groups excluding carboxylic acids is 2. The molecule has 42 heavy (non-hydrogen) atoms. The van der Waals surface area contributed by atoms with Crippen LogP contribution in [0.5, 0.6) is 5.75 Å². The fraction of sp³-hybridized carbons (Fsp3) is 0.355. The molecule has 0 heterocycles. The molecule has 1 N–H and O–H groups in total. The standard InChI is InChI=1S/C31H37Cl2N3O5S/c1-7-41-28-11-9-8-10-27(28)36(42(39,40)25-16-12-21(2)13-17-25)20-29(37)35(22(3)30(38)34-31(4,5)6)19-23-14-15-24(32)18-26(23)33/h8-18,22H,7,19-20H2,1-6H3,(H,34,38)/t22-/m1/s1. The Hall–Kier alpha value is -3.27. The summed E-state index contributed by atoms with van der Waals surface area (Å²) in [5, 5.41) is 3.63. The highest BCUT2D eigenvalue weighted by atomic mass is 35.5. The summed E-state index contributed by atoms with van der Waals surface area (Å²) in [5.74, 6) is -0.711. The molecular weight excluding hydrogens is 597 g/mol. The molecule has 3 aromatic rings. The van der Waals surface area contributed by atoms with E-state index in [0.29, 0.717) is 21.4 Å². The van der Waals surface area contributed by atoms with Crippen LogP contribution in [0.1, 0.15) is 45.7 Å². The third-order valence-electron chi connectivity index (χ3n) is 6.34. The molecule has 0 saturated heterocycles. The lowest BCUT2D eigenvalue weighted by molar-refractivity contribution is -0.140. The van der Waals surface area contributed by atoms with Crippen LogP contribution in [0, 0.1) is 6.92 Å². The van der Waals surface area contributed by atoms with E-state index in [9.17, 15) is 18.0 Å². The fourth-order valence-electron chi connectivity index (χ4n) is 4.18. The molecule has 0 spiro atoms. The molecular formula is C31H37Cl2N3O5S. The molecule has 0 aliphatic heterocycles. The van der Waals surface area contributed by atoms with Crippen molar-refractivity contribution in [2.24, 2.45) is 0 Å². The SMILES string of the molecule is CCOc1ccccc1N(CC(=O)N(Cc1ccc(Cl)cc1Cl)[C@H](C)C(=O)NC(C)(C)C)S(=O)(=O)c1ccc(C)cc1. The lowest BCUT2D eigenvalue weighted by Gasteiger charge is -2.34. The number of amides is 2. The molecule has 0 fully saturated rings. The molecule has 0 bridgehead atoms. The van der Waals surface area contributed by atoms with E-state index in [2.05, 4.69) is 5.32 Å². The smallest absolute Gasteiger partial charge is 0.264 e. The van der Waals surface area contributed by atoms with Gasteiger partial charge in [0, 0.05) is 22.1 Å². The Morgan fingerprint density at radius 1 is 1.00 bits per heavy atom. The number of ether oxygens (including phenoxy) is 1. The number of benzene rings is 3. The molecule has 0 unspecified atom stereocenters.